The van der Waals surface area contributed by atoms with E-state index >= 15 is 0 Å². The molecule has 1 aromatic heterocycles. The molecule has 4 nitrogen and oxygen atoms in total. The molecule has 0 aliphatic rings. The Labute approximate surface area is 115 Å². The molecule has 1 amide bonds. The van der Waals surface area contributed by atoms with E-state index in [-0.39, 0.29) is 12.5 Å². The highest BCUT2D eigenvalue weighted by molar-refractivity contribution is 6.03. The van der Waals surface area contributed by atoms with E-state index in [1.165, 1.54) is 18.2 Å². The van der Waals surface area contributed by atoms with Crippen LogP contribution >= 0.6 is 0 Å². The number of hydrogen-bond acceptors (Lipinski definition) is 2. The second kappa shape index (κ2) is 6.04. The van der Waals surface area contributed by atoms with Crippen LogP contribution in [0.3, 0.4) is 0 Å². The minimum atomic E-state index is -0.455. The second-order valence-corrected chi connectivity index (χ2v) is 4.11. The van der Waals surface area contributed by atoms with Crippen LogP contribution in [0.5, 0.6) is 0 Å². The van der Waals surface area contributed by atoms with E-state index in [2.05, 4.69) is 17.2 Å². The topological polar surface area (TPSA) is 54.3 Å². The molecule has 20 heavy (non-hydrogen) atoms. The molecule has 0 aliphatic heterocycles. The van der Waals surface area contributed by atoms with Gasteiger partial charge in [-0.2, -0.15) is 0 Å². The van der Waals surface area contributed by atoms with Gasteiger partial charge in [-0.1, -0.05) is 11.8 Å². The van der Waals surface area contributed by atoms with E-state index in [9.17, 15) is 9.18 Å². The first-order chi connectivity index (χ1) is 9.61. The van der Waals surface area contributed by atoms with Crippen molar-refractivity contribution in [2.45, 2.75) is 0 Å². The van der Waals surface area contributed by atoms with Gasteiger partial charge in [-0.15, -0.1) is 0 Å². The maximum absolute atomic E-state index is 13.2. The van der Waals surface area contributed by atoms with Crippen LogP contribution in [0.1, 0.15) is 16.1 Å². The van der Waals surface area contributed by atoms with Crippen LogP contribution in [0.25, 0.3) is 0 Å². The second-order valence-electron chi connectivity index (χ2n) is 4.11. The summed E-state index contributed by atoms with van der Waals surface area (Å²) in [6.45, 7) is -0.332. The zero-order valence-corrected chi connectivity index (χ0v) is 10.9. The van der Waals surface area contributed by atoms with Crippen molar-refractivity contribution < 1.29 is 14.3 Å². The fourth-order valence-electron chi connectivity index (χ4n) is 1.75. The van der Waals surface area contributed by atoms with E-state index in [0.717, 1.165) is 0 Å². The largest absolute Gasteiger partial charge is 0.384 e. The third-order valence-electron chi connectivity index (χ3n) is 2.71. The third-order valence-corrected chi connectivity index (χ3v) is 2.71. The predicted molar refractivity (Wildman–Crippen MR) is 73.7 cm³/mol. The number of rotatable bonds is 2. The summed E-state index contributed by atoms with van der Waals surface area (Å²) in [6, 6.07) is 7.33. The number of halogens is 1. The fraction of sp³-hybridized carbons (Fsp3) is 0.133. The van der Waals surface area contributed by atoms with Crippen LogP contribution < -0.4 is 5.32 Å². The number of aliphatic hydroxyl groups excluding tert-OH is 1. The SMILES string of the molecule is Cn1cccc1C(=O)Nc1ccc(F)cc1C#CCO. The van der Waals surface area contributed by atoms with Crippen LogP contribution in [0.2, 0.25) is 0 Å². The standard InChI is InChI=1S/C15H13FN2O2/c1-18-8-2-5-14(18)15(20)17-13-7-6-12(16)10-11(13)4-3-9-19/h2,5-8,10,19H,9H2,1H3,(H,17,20). The van der Waals surface area contributed by atoms with E-state index in [4.69, 9.17) is 5.11 Å². The number of nitrogens with one attached hydrogen (secondary N) is 1. The number of amides is 1. The molecule has 2 rings (SSSR count). The van der Waals surface area contributed by atoms with Gasteiger partial charge in [0.15, 0.2) is 0 Å². The summed E-state index contributed by atoms with van der Waals surface area (Å²) in [5.41, 5.74) is 1.20. The summed E-state index contributed by atoms with van der Waals surface area (Å²) >= 11 is 0. The van der Waals surface area contributed by atoms with E-state index in [0.29, 0.717) is 16.9 Å². The van der Waals surface area contributed by atoms with Crippen molar-refractivity contribution in [1.82, 2.24) is 4.57 Å². The maximum Gasteiger partial charge on any atom is 0.272 e. The number of nitrogens with zero attached hydrogens (tertiary/aromatic N) is 1. The Morgan fingerprint density at radius 3 is 2.90 bits per heavy atom. The molecule has 2 aromatic rings. The fourth-order valence-corrected chi connectivity index (χ4v) is 1.75. The molecule has 0 bridgehead atoms. The number of aliphatic hydroxyl groups is 1. The number of aromatic nitrogens is 1. The summed E-state index contributed by atoms with van der Waals surface area (Å²) < 4.78 is 14.9. The molecule has 0 fully saturated rings. The molecule has 1 heterocycles. The Morgan fingerprint density at radius 2 is 2.25 bits per heavy atom. The quantitative estimate of drug-likeness (QED) is 0.818. The molecule has 0 aliphatic carbocycles. The highest BCUT2D eigenvalue weighted by atomic mass is 19.1. The zero-order valence-electron chi connectivity index (χ0n) is 10.9. The lowest BCUT2D eigenvalue weighted by atomic mass is 10.1. The molecular weight excluding hydrogens is 259 g/mol. The lowest BCUT2D eigenvalue weighted by molar-refractivity contribution is 0.101. The first kappa shape index (κ1) is 13.8. The predicted octanol–water partition coefficient (Wildman–Crippen LogP) is 1.76. The lowest BCUT2D eigenvalue weighted by Crippen LogP contribution is -2.16. The third kappa shape index (κ3) is 3.05. The minimum absolute atomic E-state index is 0.309. The normalized spacial score (nSPS) is 9.75. The molecule has 0 atom stereocenters. The van der Waals surface area contributed by atoms with E-state index < -0.39 is 5.82 Å². The Morgan fingerprint density at radius 1 is 1.45 bits per heavy atom. The first-order valence-corrected chi connectivity index (χ1v) is 5.94. The number of aryl methyl sites for hydroxylation is 1. The molecule has 0 unspecified atom stereocenters. The molecule has 102 valence electrons. The van der Waals surface area contributed by atoms with Crippen molar-refractivity contribution in [1.29, 1.82) is 0 Å². The summed E-state index contributed by atoms with van der Waals surface area (Å²) in [6.07, 6.45) is 1.76. The van der Waals surface area contributed by atoms with Crippen LogP contribution in [0.4, 0.5) is 10.1 Å². The van der Waals surface area contributed by atoms with Gasteiger partial charge < -0.3 is 15.0 Å². The van der Waals surface area contributed by atoms with Gasteiger partial charge in [0, 0.05) is 13.2 Å². The number of benzene rings is 1. The number of anilines is 1. The van der Waals surface area contributed by atoms with Crippen molar-refractivity contribution in [3.63, 3.8) is 0 Å². The minimum Gasteiger partial charge on any atom is -0.384 e. The molecular formula is C15H13FN2O2. The van der Waals surface area contributed by atoms with E-state index in [1.54, 1.807) is 29.9 Å². The molecule has 5 heteroatoms. The van der Waals surface area contributed by atoms with Gasteiger partial charge in [-0.3, -0.25) is 4.79 Å². The zero-order chi connectivity index (χ0) is 14.5. The van der Waals surface area contributed by atoms with E-state index in [1.807, 2.05) is 0 Å². The molecule has 0 spiro atoms. The Hall–Kier alpha value is -2.58. The average Bonchev–Trinajstić information content (AvgIpc) is 2.85. The summed E-state index contributed by atoms with van der Waals surface area (Å²) in [4.78, 5) is 12.1. The number of carbonyl (C=O) groups excluding carboxylic acids is 1. The van der Waals surface area contributed by atoms with Crippen LogP contribution in [0, 0.1) is 17.7 Å². The van der Waals surface area contributed by atoms with Crippen molar-refractivity contribution in [2.24, 2.45) is 7.05 Å². The summed E-state index contributed by atoms with van der Waals surface area (Å²) in [5.74, 6) is 4.28. The van der Waals surface area contributed by atoms with Gasteiger partial charge in [-0.05, 0) is 30.3 Å². The first-order valence-electron chi connectivity index (χ1n) is 5.94. The van der Waals surface area contributed by atoms with Gasteiger partial charge in [0.25, 0.3) is 5.91 Å². The molecule has 0 radical (unpaired) electrons. The summed E-state index contributed by atoms with van der Waals surface area (Å²) in [7, 11) is 1.76. The van der Waals surface area contributed by atoms with Gasteiger partial charge >= 0.3 is 0 Å². The molecule has 0 saturated carbocycles. The van der Waals surface area contributed by atoms with Crippen LogP contribution in [-0.4, -0.2) is 22.2 Å². The van der Waals surface area contributed by atoms with Crippen molar-refractivity contribution in [3.05, 3.63) is 53.6 Å². The highest BCUT2D eigenvalue weighted by Gasteiger charge is 2.11. The Balaban J connectivity index is 2.29. The monoisotopic (exact) mass is 272 g/mol. The van der Waals surface area contributed by atoms with Gasteiger partial charge in [0.05, 0.1) is 11.3 Å². The van der Waals surface area contributed by atoms with Crippen LogP contribution in [0.15, 0.2) is 36.5 Å². The average molecular weight is 272 g/mol. The van der Waals surface area contributed by atoms with Crippen LogP contribution in [-0.2, 0) is 7.05 Å². The maximum atomic E-state index is 13.2. The van der Waals surface area contributed by atoms with Gasteiger partial charge in [-0.25, -0.2) is 4.39 Å². The number of carbonyl (C=O) groups is 1. The lowest BCUT2D eigenvalue weighted by Gasteiger charge is -2.08. The van der Waals surface area contributed by atoms with Gasteiger partial charge in [0.1, 0.15) is 18.1 Å². The van der Waals surface area contributed by atoms with Crippen molar-refractivity contribution >= 4 is 11.6 Å². The van der Waals surface area contributed by atoms with Gasteiger partial charge in [0.2, 0.25) is 0 Å². The number of hydrogen-bond donors (Lipinski definition) is 2. The van der Waals surface area contributed by atoms with Crippen molar-refractivity contribution in [3.8, 4) is 11.8 Å². The Bertz CT molecular complexity index is 695. The summed E-state index contributed by atoms with van der Waals surface area (Å²) in [5, 5.41) is 11.4. The van der Waals surface area contributed by atoms with Crippen molar-refractivity contribution in [2.75, 3.05) is 11.9 Å². The Kier molecular flexibility index (Phi) is 4.18. The molecule has 2 N–H and O–H groups in total. The highest BCUT2D eigenvalue weighted by Crippen LogP contribution is 2.17. The smallest absolute Gasteiger partial charge is 0.272 e. The molecule has 1 aromatic carbocycles. The molecule has 0 saturated heterocycles.